The normalized spacial score (nSPS) is 14.2. The molecule has 90 valence electrons. The number of halogens is 2. The molecule has 0 unspecified atom stereocenters. The van der Waals surface area contributed by atoms with Gasteiger partial charge in [-0.3, -0.25) is 9.59 Å². The number of rotatable bonds is 1. The molecule has 1 aliphatic rings. The highest BCUT2D eigenvalue weighted by molar-refractivity contribution is 7.19. The summed E-state index contributed by atoms with van der Waals surface area (Å²) >= 11 is 12.8. The fraction of sp³-hybridized carbons (Fsp3) is 0. The molecule has 3 nitrogen and oxygen atoms in total. The zero-order valence-corrected chi connectivity index (χ0v) is 11.1. The van der Waals surface area contributed by atoms with E-state index >= 15 is 0 Å². The number of fused-ring (bicyclic) bond motifs is 1. The first-order valence-electron chi connectivity index (χ1n) is 5.03. The van der Waals surface area contributed by atoms with Gasteiger partial charge in [-0.05, 0) is 12.1 Å². The number of imide groups is 1. The van der Waals surface area contributed by atoms with Crippen LogP contribution in [0.1, 0.15) is 20.0 Å². The van der Waals surface area contributed by atoms with Crippen molar-refractivity contribution in [2.24, 2.45) is 0 Å². The number of carbonyl (C=O) groups excluding carboxylic acids is 2. The van der Waals surface area contributed by atoms with Gasteiger partial charge in [0.15, 0.2) is 0 Å². The molecule has 0 radical (unpaired) electrons. The van der Waals surface area contributed by atoms with Crippen LogP contribution in [-0.2, 0) is 0 Å². The average molecular weight is 298 g/mol. The third kappa shape index (κ3) is 1.50. The molecular weight excluding hydrogens is 293 g/mol. The summed E-state index contributed by atoms with van der Waals surface area (Å²) in [5.74, 6) is -0.797. The van der Waals surface area contributed by atoms with E-state index in [0.29, 0.717) is 10.6 Å². The van der Waals surface area contributed by atoms with Crippen molar-refractivity contribution in [3.63, 3.8) is 0 Å². The second-order valence-corrected chi connectivity index (χ2v) is 5.68. The summed E-state index contributed by atoms with van der Waals surface area (Å²) in [6, 6.07) is 8.73. The average Bonchev–Trinajstić information content (AvgIpc) is 2.79. The van der Waals surface area contributed by atoms with Crippen LogP contribution in [0.2, 0.25) is 9.36 Å². The maximum absolute atomic E-state index is 12.2. The van der Waals surface area contributed by atoms with E-state index < -0.39 is 5.91 Å². The van der Waals surface area contributed by atoms with E-state index in [1.54, 1.807) is 24.3 Å². The number of hydrogen-bond acceptors (Lipinski definition) is 3. The van der Waals surface area contributed by atoms with Gasteiger partial charge in [-0.2, -0.15) is 0 Å². The van der Waals surface area contributed by atoms with E-state index in [2.05, 4.69) is 0 Å². The van der Waals surface area contributed by atoms with Crippen molar-refractivity contribution in [3.8, 4) is 0 Å². The van der Waals surface area contributed by atoms with Crippen molar-refractivity contribution in [2.45, 2.75) is 0 Å². The zero-order valence-electron chi connectivity index (χ0n) is 8.81. The minimum absolute atomic E-state index is 0.161. The second-order valence-electron chi connectivity index (χ2n) is 3.68. The predicted octanol–water partition coefficient (Wildman–Crippen LogP) is 3.86. The van der Waals surface area contributed by atoms with Gasteiger partial charge in [0.25, 0.3) is 11.8 Å². The van der Waals surface area contributed by atoms with Crippen LogP contribution in [0.4, 0.5) is 5.69 Å². The molecule has 0 bridgehead atoms. The Hall–Kier alpha value is -1.36. The Balaban J connectivity index is 2.14. The van der Waals surface area contributed by atoms with Crippen molar-refractivity contribution in [3.05, 3.63) is 50.1 Å². The monoisotopic (exact) mass is 297 g/mol. The van der Waals surface area contributed by atoms with Gasteiger partial charge >= 0.3 is 0 Å². The molecule has 0 atom stereocenters. The van der Waals surface area contributed by atoms with E-state index in [9.17, 15) is 9.59 Å². The van der Waals surface area contributed by atoms with Gasteiger partial charge in [-0.1, -0.05) is 41.4 Å². The van der Waals surface area contributed by atoms with Crippen LogP contribution in [0.25, 0.3) is 0 Å². The molecule has 6 heteroatoms. The van der Waals surface area contributed by atoms with E-state index in [-0.39, 0.29) is 20.8 Å². The number of thiophene rings is 1. The Labute approximate surface area is 117 Å². The van der Waals surface area contributed by atoms with Crippen LogP contribution < -0.4 is 4.90 Å². The topological polar surface area (TPSA) is 37.4 Å². The number of carbonyl (C=O) groups is 2. The number of benzene rings is 1. The minimum atomic E-state index is -0.422. The lowest BCUT2D eigenvalue weighted by Crippen LogP contribution is -2.29. The van der Waals surface area contributed by atoms with Crippen molar-refractivity contribution in [1.82, 2.24) is 0 Å². The van der Waals surface area contributed by atoms with Crippen LogP contribution >= 0.6 is 34.5 Å². The number of amides is 2. The highest BCUT2D eigenvalue weighted by atomic mass is 35.5. The molecule has 1 aromatic heterocycles. The SMILES string of the molecule is O=C1c2sc(Cl)c(Cl)c2C(=O)N1c1ccccc1. The Morgan fingerprint density at radius 1 is 1.00 bits per heavy atom. The molecule has 0 saturated heterocycles. The Kier molecular flexibility index (Phi) is 2.66. The molecule has 0 N–H and O–H groups in total. The molecular formula is C12H5Cl2NO2S. The lowest BCUT2D eigenvalue weighted by molar-refractivity contribution is 0.0927. The highest BCUT2D eigenvalue weighted by Crippen LogP contribution is 2.42. The minimum Gasteiger partial charge on any atom is -0.268 e. The largest absolute Gasteiger partial charge is 0.276 e. The molecule has 2 amide bonds. The second kappa shape index (κ2) is 4.09. The fourth-order valence-electron chi connectivity index (χ4n) is 1.84. The van der Waals surface area contributed by atoms with Crippen molar-refractivity contribution in [1.29, 1.82) is 0 Å². The molecule has 2 aromatic rings. The molecule has 0 spiro atoms. The molecule has 18 heavy (non-hydrogen) atoms. The van der Waals surface area contributed by atoms with Crippen LogP contribution in [-0.4, -0.2) is 11.8 Å². The van der Waals surface area contributed by atoms with E-state index in [1.165, 1.54) is 0 Å². The van der Waals surface area contributed by atoms with Crippen LogP contribution in [0.15, 0.2) is 30.3 Å². The first-order chi connectivity index (χ1) is 8.61. The standard InChI is InChI=1S/C12H5Cl2NO2S/c13-8-7-9(18-10(8)14)12(17)15(11(7)16)6-4-2-1-3-5-6/h1-5H. The van der Waals surface area contributed by atoms with Gasteiger partial charge in [-0.15, -0.1) is 11.3 Å². The predicted molar refractivity (Wildman–Crippen MR) is 71.9 cm³/mol. The van der Waals surface area contributed by atoms with E-state index in [1.807, 2.05) is 6.07 Å². The molecule has 1 aromatic carbocycles. The number of para-hydroxylation sites is 1. The Morgan fingerprint density at radius 2 is 1.67 bits per heavy atom. The maximum Gasteiger partial charge on any atom is 0.276 e. The van der Waals surface area contributed by atoms with E-state index in [0.717, 1.165) is 16.2 Å². The Bertz CT molecular complexity index is 666. The van der Waals surface area contributed by atoms with Gasteiger partial charge in [0.05, 0.1) is 16.3 Å². The molecule has 0 aliphatic carbocycles. The van der Waals surface area contributed by atoms with Gasteiger partial charge in [-0.25, -0.2) is 4.90 Å². The molecule has 0 fully saturated rings. The van der Waals surface area contributed by atoms with Crippen LogP contribution in [0.3, 0.4) is 0 Å². The number of anilines is 1. The first kappa shape index (κ1) is 11.7. The summed E-state index contributed by atoms with van der Waals surface area (Å²) in [7, 11) is 0. The van der Waals surface area contributed by atoms with E-state index in [4.69, 9.17) is 23.2 Å². The third-order valence-corrected chi connectivity index (χ3v) is 4.61. The summed E-state index contributed by atoms with van der Waals surface area (Å²) in [5, 5.41) is 0.161. The van der Waals surface area contributed by atoms with Crippen molar-refractivity contribution in [2.75, 3.05) is 4.90 Å². The summed E-state index contributed by atoms with van der Waals surface area (Å²) in [5.41, 5.74) is 0.739. The fourth-order valence-corrected chi connectivity index (χ4v) is 3.36. The maximum atomic E-state index is 12.2. The molecule has 3 rings (SSSR count). The summed E-state index contributed by atoms with van der Waals surface area (Å²) in [6.45, 7) is 0. The smallest absolute Gasteiger partial charge is 0.268 e. The van der Waals surface area contributed by atoms with Crippen molar-refractivity contribution < 1.29 is 9.59 Å². The molecule has 1 aliphatic heterocycles. The summed E-state index contributed by atoms with van der Waals surface area (Å²) < 4.78 is 0.274. The van der Waals surface area contributed by atoms with Crippen LogP contribution in [0, 0.1) is 0 Å². The molecule has 2 heterocycles. The highest BCUT2D eigenvalue weighted by Gasteiger charge is 2.41. The number of hydrogen-bond donors (Lipinski definition) is 0. The van der Waals surface area contributed by atoms with Gasteiger partial charge in [0, 0.05) is 0 Å². The van der Waals surface area contributed by atoms with Gasteiger partial charge in [0.1, 0.15) is 9.21 Å². The lowest BCUT2D eigenvalue weighted by atomic mass is 10.3. The summed E-state index contributed by atoms with van der Waals surface area (Å²) in [4.78, 5) is 25.8. The quantitative estimate of drug-likeness (QED) is 0.750. The van der Waals surface area contributed by atoms with Crippen molar-refractivity contribution >= 4 is 52.0 Å². The third-order valence-electron chi connectivity index (χ3n) is 2.64. The number of nitrogens with zero attached hydrogens (tertiary/aromatic N) is 1. The van der Waals surface area contributed by atoms with Crippen LogP contribution in [0.5, 0.6) is 0 Å². The van der Waals surface area contributed by atoms with Gasteiger partial charge < -0.3 is 0 Å². The zero-order chi connectivity index (χ0) is 12.9. The molecule has 0 saturated carbocycles. The Morgan fingerprint density at radius 3 is 2.28 bits per heavy atom. The lowest BCUT2D eigenvalue weighted by Gasteiger charge is -2.13. The summed E-state index contributed by atoms with van der Waals surface area (Å²) in [6.07, 6.45) is 0. The van der Waals surface area contributed by atoms with Gasteiger partial charge in [0.2, 0.25) is 0 Å². The first-order valence-corrected chi connectivity index (χ1v) is 6.60.